The summed E-state index contributed by atoms with van der Waals surface area (Å²) < 4.78 is 1.30. The van der Waals surface area contributed by atoms with Gasteiger partial charge >= 0.3 is 5.97 Å². The summed E-state index contributed by atoms with van der Waals surface area (Å²) in [5.41, 5.74) is -0.264. The van der Waals surface area contributed by atoms with Crippen LogP contribution < -0.4 is 5.32 Å². The van der Waals surface area contributed by atoms with Gasteiger partial charge in [0, 0.05) is 16.1 Å². The van der Waals surface area contributed by atoms with Gasteiger partial charge in [0.25, 0.3) is 5.91 Å². The Balaban J connectivity index is 2.22. The first kappa shape index (κ1) is 18.4. The van der Waals surface area contributed by atoms with Crippen LogP contribution in [0.1, 0.15) is 31.1 Å². The zero-order valence-electron chi connectivity index (χ0n) is 13.5. The number of carboxylic acids is 1. The molecule has 0 saturated heterocycles. The second-order valence-electron chi connectivity index (χ2n) is 5.57. The number of thioether (sulfide) groups is 1. The Morgan fingerprint density at radius 3 is 2.75 bits per heavy atom. The smallest absolute Gasteiger partial charge is 0.331 e. The van der Waals surface area contributed by atoms with E-state index >= 15 is 0 Å². The van der Waals surface area contributed by atoms with Crippen molar-refractivity contribution in [2.75, 3.05) is 11.1 Å². The van der Waals surface area contributed by atoms with E-state index in [-0.39, 0.29) is 5.91 Å². The highest BCUT2D eigenvalue weighted by Crippen LogP contribution is 2.27. The molecule has 1 aromatic carbocycles. The lowest BCUT2D eigenvalue weighted by Crippen LogP contribution is -2.35. The Morgan fingerprint density at radius 2 is 2.12 bits per heavy atom. The fourth-order valence-electron chi connectivity index (χ4n) is 1.95. The summed E-state index contributed by atoms with van der Waals surface area (Å²) in [6.45, 7) is 5.05. The van der Waals surface area contributed by atoms with Gasteiger partial charge in [-0.3, -0.25) is 9.48 Å². The van der Waals surface area contributed by atoms with Gasteiger partial charge in [-0.25, -0.2) is 4.79 Å². The number of carbonyl (C=O) groups is 2. The van der Waals surface area contributed by atoms with Crippen LogP contribution in [0.2, 0.25) is 5.02 Å². The number of carbonyl (C=O) groups excluding carboxylic acids is 1. The summed E-state index contributed by atoms with van der Waals surface area (Å²) in [7, 11) is 0. The average molecular weight is 368 g/mol. The normalized spacial score (nSPS) is 11.3. The highest BCUT2D eigenvalue weighted by molar-refractivity contribution is 7.99. The van der Waals surface area contributed by atoms with Crippen LogP contribution in [0.3, 0.4) is 0 Å². The first-order valence-corrected chi connectivity index (χ1v) is 8.64. The van der Waals surface area contributed by atoms with Crippen molar-refractivity contribution in [3.05, 3.63) is 41.2 Å². The van der Waals surface area contributed by atoms with Gasteiger partial charge in [0.15, 0.2) is 5.54 Å². The average Bonchev–Trinajstić information content (AvgIpc) is 2.96. The largest absolute Gasteiger partial charge is 0.479 e. The van der Waals surface area contributed by atoms with Gasteiger partial charge in [0.05, 0.1) is 17.4 Å². The number of aliphatic carboxylic acids is 1. The van der Waals surface area contributed by atoms with Gasteiger partial charge in [-0.15, -0.1) is 11.8 Å². The predicted molar refractivity (Wildman–Crippen MR) is 95.0 cm³/mol. The van der Waals surface area contributed by atoms with Gasteiger partial charge in [-0.05, 0) is 37.8 Å². The van der Waals surface area contributed by atoms with E-state index in [1.165, 1.54) is 42.7 Å². The molecule has 1 amide bonds. The lowest BCUT2D eigenvalue weighted by Gasteiger charge is -2.19. The summed E-state index contributed by atoms with van der Waals surface area (Å²) in [4.78, 5) is 24.5. The first-order valence-electron chi connectivity index (χ1n) is 7.28. The summed E-state index contributed by atoms with van der Waals surface area (Å²) in [5.74, 6) is -0.496. The van der Waals surface area contributed by atoms with Crippen LogP contribution in [0.4, 0.5) is 5.69 Å². The molecule has 6 nitrogen and oxygen atoms in total. The molecular weight excluding hydrogens is 350 g/mol. The molecule has 0 aliphatic rings. The predicted octanol–water partition coefficient (Wildman–Crippen LogP) is 3.72. The molecule has 24 heavy (non-hydrogen) atoms. The molecule has 0 atom stereocenters. The van der Waals surface area contributed by atoms with Gasteiger partial charge in [-0.2, -0.15) is 5.10 Å². The van der Waals surface area contributed by atoms with Crippen molar-refractivity contribution in [1.82, 2.24) is 9.78 Å². The molecule has 2 rings (SSSR count). The molecule has 2 N–H and O–H groups in total. The standard InChI is InChI=1S/C16H18ClN3O3S/c1-4-24-13-7-10(17)5-6-12(13)14(21)19-11-8-18-20(9-11)16(2,3)15(22)23/h5-9H,4H2,1-3H3,(H,19,21)(H,22,23). The number of hydrogen-bond donors (Lipinski definition) is 2. The lowest BCUT2D eigenvalue weighted by atomic mass is 10.1. The van der Waals surface area contributed by atoms with E-state index in [0.29, 0.717) is 16.3 Å². The topological polar surface area (TPSA) is 84.2 Å². The Morgan fingerprint density at radius 1 is 1.42 bits per heavy atom. The number of nitrogens with one attached hydrogen (secondary N) is 1. The molecule has 0 aliphatic heterocycles. The summed E-state index contributed by atoms with van der Waals surface area (Å²) in [6.07, 6.45) is 2.92. The highest BCUT2D eigenvalue weighted by atomic mass is 35.5. The molecule has 1 heterocycles. The molecular formula is C16H18ClN3O3S. The Bertz CT molecular complexity index is 774. The van der Waals surface area contributed by atoms with Gasteiger partial charge < -0.3 is 10.4 Å². The van der Waals surface area contributed by atoms with Crippen LogP contribution in [-0.4, -0.2) is 32.5 Å². The minimum Gasteiger partial charge on any atom is -0.479 e. The van der Waals surface area contributed by atoms with Crippen molar-refractivity contribution in [1.29, 1.82) is 0 Å². The number of aromatic nitrogens is 2. The van der Waals surface area contributed by atoms with E-state index in [2.05, 4.69) is 10.4 Å². The summed E-state index contributed by atoms with van der Waals surface area (Å²) in [5, 5.41) is 16.5. The van der Waals surface area contributed by atoms with E-state index in [1.54, 1.807) is 18.2 Å². The number of nitrogens with zero attached hydrogens (tertiary/aromatic N) is 2. The SMILES string of the molecule is CCSc1cc(Cl)ccc1C(=O)Nc1cnn(C(C)(C)C(=O)O)c1. The molecule has 0 aliphatic carbocycles. The van der Waals surface area contributed by atoms with E-state index in [4.69, 9.17) is 11.6 Å². The molecule has 1 aromatic heterocycles. The van der Waals surface area contributed by atoms with Gasteiger partial charge in [-0.1, -0.05) is 18.5 Å². The molecule has 2 aromatic rings. The first-order chi connectivity index (χ1) is 11.3. The van der Waals surface area contributed by atoms with Crippen molar-refractivity contribution in [3.63, 3.8) is 0 Å². The summed E-state index contributed by atoms with van der Waals surface area (Å²) in [6, 6.07) is 5.08. The third kappa shape index (κ3) is 3.91. The van der Waals surface area contributed by atoms with E-state index in [9.17, 15) is 14.7 Å². The summed E-state index contributed by atoms with van der Waals surface area (Å²) >= 11 is 7.51. The molecule has 0 spiro atoms. The third-order valence-electron chi connectivity index (χ3n) is 3.42. The van der Waals surface area contributed by atoms with Crippen molar-refractivity contribution in [2.24, 2.45) is 0 Å². The molecule has 8 heteroatoms. The lowest BCUT2D eigenvalue weighted by molar-refractivity contribution is -0.146. The quantitative estimate of drug-likeness (QED) is 0.760. The minimum atomic E-state index is -1.20. The van der Waals surface area contributed by atoms with Crippen molar-refractivity contribution < 1.29 is 14.7 Å². The zero-order valence-corrected chi connectivity index (χ0v) is 15.1. The van der Waals surface area contributed by atoms with Crippen molar-refractivity contribution in [3.8, 4) is 0 Å². The van der Waals surface area contributed by atoms with Crippen molar-refractivity contribution >= 4 is 40.9 Å². The number of benzene rings is 1. The van der Waals surface area contributed by atoms with E-state index < -0.39 is 11.5 Å². The second kappa shape index (κ2) is 7.27. The minimum absolute atomic E-state index is 0.296. The van der Waals surface area contributed by atoms with Crippen LogP contribution in [0, 0.1) is 0 Å². The maximum atomic E-state index is 12.5. The molecule has 0 saturated carbocycles. The van der Waals surface area contributed by atoms with Gasteiger partial charge in [0.2, 0.25) is 0 Å². The zero-order chi connectivity index (χ0) is 17.9. The van der Waals surface area contributed by atoms with E-state index in [1.807, 2.05) is 6.92 Å². The number of rotatable bonds is 6. The van der Waals surface area contributed by atoms with Crippen LogP contribution in [0.25, 0.3) is 0 Å². The van der Waals surface area contributed by atoms with E-state index in [0.717, 1.165) is 10.6 Å². The fraction of sp³-hybridized carbons (Fsp3) is 0.312. The Labute approximate surface area is 149 Å². The van der Waals surface area contributed by atoms with Crippen molar-refractivity contribution in [2.45, 2.75) is 31.2 Å². The maximum Gasteiger partial charge on any atom is 0.331 e. The number of halogens is 1. The highest BCUT2D eigenvalue weighted by Gasteiger charge is 2.30. The number of anilines is 1. The number of hydrogen-bond acceptors (Lipinski definition) is 4. The fourth-order valence-corrected chi connectivity index (χ4v) is 3.02. The Kier molecular flexibility index (Phi) is 5.56. The number of amides is 1. The molecule has 0 fully saturated rings. The molecule has 128 valence electrons. The second-order valence-corrected chi connectivity index (χ2v) is 7.31. The molecule has 0 radical (unpaired) electrons. The van der Waals surface area contributed by atoms with Crippen LogP contribution in [-0.2, 0) is 10.3 Å². The van der Waals surface area contributed by atoms with Crippen LogP contribution in [0.5, 0.6) is 0 Å². The molecule has 0 bridgehead atoms. The van der Waals surface area contributed by atoms with Crippen LogP contribution >= 0.6 is 23.4 Å². The monoisotopic (exact) mass is 367 g/mol. The third-order valence-corrected chi connectivity index (χ3v) is 4.60. The molecule has 0 unspecified atom stereocenters. The van der Waals surface area contributed by atoms with Gasteiger partial charge in [0.1, 0.15) is 0 Å². The van der Waals surface area contributed by atoms with Crippen LogP contribution in [0.15, 0.2) is 35.5 Å². The number of carboxylic acid groups (broad SMARTS) is 1. The Hall–Kier alpha value is -1.99. The maximum absolute atomic E-state index is 12.5.